The maximum Gasteiger partial charge on any atom is 0.0363 e. The van der Waals surface area contributed by atoms with Crippen LogP contribution in [0.5, 0.6) is 0 Å². The second-order valence-electron chi connectivity index (χ2n) is 5.93. The van der Waals surface area contributed by atoms with Crippen molar-refractivity contribution < 1.29 is 0 Å². The van der Waals surface area contributed by atoms with E-state index >= 15 is 0 Å². The van der Waals surface area contributed by atoms with Crippen molar-refractivity contribution in [3.8, 4) is 0 Å². The van der Waals surface area contributed by atoms with E-state index < -0.39 is 0 Å². The molecular formula is C15H23N3. The van der Waals surface area contributed by atoms with Crippen LogP contribution >= 0.6 is 0 Å². The lowest BCUT2D eigenvalue weighted by Crippen LogP contribution is -2.37. The number of piperidine rings is 1. The fraction of sp³-hybridized carbons (Fsp3) is 0.600. The van der Waals surface area contributed by atoms with Gasteiger partial charge >= 0.3 is 0 Å². The molecule has 18 heavy (non-hydrogen) atoms. The quantitative estimate of drug-likeness (QED) is 0.808. The van der Waals surface area contributed by atoms with Gasteiger partial charge in [-0.2, -0.15) is 0 Å². The number of hydrogen-bond donors (Lipinski definition) is 1. The minimum atomic E-state index is 0.833. The van der Waals surface area contributed by atoms with E-state index in [1.165, 1.54) is 43.6 Å². The van der Waals surface area contributed by atoms with Crippen molar-refractivity contribution in [2.24, 2.45) is 5.92 Å². The van der Waals surface area contributed by atoms with Crippen molar-refractivity contribution in [1.82, 2.24) is 9.80 Å². The van der Waals surface area contributed by atoms with Crippen LogP contribution in [0.2, 0.25) is 0 Å². The number of fused-ring (bicyclic) bond motifs is 1. The van der Waals surface area contributed by atoms with Crippen LogP contribution < -0.4 is 5.73 Å². The first kappa shape index (κ1) is 12.0. The predicted octanol–water partition coefficient (Wildman–Crippen LogP) is 1.93. The van der Waals surface area contributed by atoms with Crippen LogP contribution in [0.1, 0.15) is 24.0 Å². The van der Waals surface area contributed by atoms with Gasteiger partial charge in [-0.15, -0.1) is 0 Å². The lowest BCUT2D eigenvalue weighted by Gasteiger charge is -2.32. The van der Waals surface area contributed by atoms with Crippen molar-refractivity contribution in [3.05, 3.63) is 29.3 Å². The van der Waals surface area contributed by atoms with E-state index in [4.69, 9.17) is 5.73 Å². The molecule has 0 aromatic heterocycles. The minimum Gasteiger partial charge on any atom is -0.398 e. The van der Waals surface area contributed by atoms with Crippen LogP contribution in [-0.4, -0.2) is 36.5 Å². The first-order valence-corrected chi connectivity index (χ1v) is 6.99. The van der Waals surface area contributed by atoms with Crippen LogP contribution in [0.3, 0.4) is 0 Å². The molecule has 0 radical (unpaired) electrons. The molecule has 1 atom stereocenters. The van der Waals surface area contributed by atoms with Gasteiger partial charge in [0, 0.05) is 31.9 Å². The van der Waals surface area contributed by atoms with Gasteiger partial charge < -0.3 is 10.6 Å². The molecule has 3 rings (SSSR count). The summed E-state index contributed by atoms with van der Waals surface area (Å²) in [5, 5.41) is 0. The fourth-order valence-corrected chi connectivity index (χ4v) is 3.43. The van der Waals surface area contributed by atoms with E-state index in [0.29, 0.717) is 0 Å². The first-order chi connectivity index (χ1) is 8.72. The number of benzene rings is 1. The zero-order valence-corrected chi connectivity index (χ0v) is 11.2. The van der Waals surface area contributed by atoms with Crippen molar-refractivity contribution in [2.75, 3.05) is 32.4 Å². The molecule has 98 valence electrons. The van der Waals surface area contributed by atoms with Gasteiger partial charge in [0.2, 0.25) is 0 Å². The Kier molecular flexibility index (Phi) is 3.27. The van der Waals surface area contributed by atoms with E-state index in [9.17, 15) is 0 Å². The van der Waals surface area contributed by atoms with E-state index in [2.05, 4.69) is 29.0 Å². The fourth-order valence-electron chi connectivity index (χ4n) is 3.43. The molecule has 1 saturated heterocycles. The summed E-state index contributed by atoms with van der Waals surface area (Å²) in [7, 11) is 2.24. The lowest BCUT2D eigenvalue weighted by atomic mass is 9.98. The average molecular weight is 245 g/mol. The standard InChI is InChI=1S/C15H23N3/c1-17-7-3-4-12(8-17)9-18-10-13-5-2-6-15(16)14(13)11-18/h2,5-6,12H,3-4,7-11,16H2,1H3. The maximum atomic E-state index is 6.05. The Morgan fingerprint density at radius 2 is 2.22 bits per heavy atom. The van der Waals surface area contributed by atoms with Gasteiger partial charge in [0.25, 0.3) is 0 Å². The number of likely N-dealkylation sites (tertiary alicyclic amines) is 1. The SMILES string of the molecule is CN1CCCC(CN2Cc3cccc(N)c3C2)C1. The normalized spacial score (nSPS) is 25.3. The molecule has 0 saturated carbocycles. The minimum absolute atomic E-state index is 0.833. The Hall–Kier alpha value is -1.06. The summed E-state index contributed by atoms with van der Waals surface area (Å²) in [6.45, 7) is 5.87. The number of hydrogen-bond acceptors (Lipinski definition) is 3. The molecule has 0 aliphatic carbocycles. The molecule has 0 amide bonds. The third-order valence-electron chi connectivity index (χ3n) is 4.32. The summed E-state index contributed by atoms with van der Waals surface area (Å²) < 4.78 is 0. The highest BCUT2D eigenvalue weighted by molar-refractivity contribution is 5.52. The molecule has 1 unspecified atom stereocenters. The highest BCUT2D eigenvalue weighted by atomic mass is 15.2. The highest BCUT2D eigenvalue weighted by Crippen LogP contribution is 2.29. The molecule has 2 N–H and O–H groups in total. The van der Waals surface area contributed by atoms with Crippen molar-refractivity contribution in [2.45, 2.75) is 25.9 Å². The smallest absolute Gasteiger partial charge is 0.0363 e. The summed E-state index contributed by atoms with van der Waals surface area (Å²) in [5.41, 5.74) is 9.82. The third kappa shape index (κ3) is 2.38. The van der Waals surface area contributed by atoms with E-state index in [1.807, 2.05) is 6.07 Å². The van der Waals surface area contributed by atoms with Gasteiger partial charge in [0.1, 0.15) is 0 Å². The number of rotatable bonds is 2. The summed E-state index contributed by atoms with van der Waals surface area (Å²) in [6.07, 6.45) is 2.73. The molecular weight excluding hydrogens is 222 g/mol. The molecule has 2 aliphatic rings. The summed E-state index contributed by atoms with van der Waals surface area (Å²) >= 11 is 0. The summed E-state index contributed by atoms with van der Waals surface area (Å²) in [6, 6.07) is 6.32. The van der Waals surface area contributed by atoms with Crippen molar-refractivity contribution in [1.29, 1.82) is 0 Å². The second kappa shape index (κ2) is 4.90. The number of nitrogen functional groups attached to an aromatic ring is 1. The predicted molar refractivity (Wildman–Crippen MR) is 75.2 cm³/mol. The molecule has 3 nitrogen and oxygen atoms in total. The van der Waals surface area contributed by atoms with Gasteiger partial charge in [-0.1, -0.05) is 12.1 Å². The Morgan fingerprint density at radius 1 is 1.33 bits per heavy atom. The topological polar surface area (TPSA) is 32.5 Å². The van der Waals surface area contributed by atoms with Gasteiger partial charge in [0.15, 0.2) is 0 Å². The zero-order chi connectivity index (χ0) is 12.5. The maximum absolute atomic E-state index is 6.05. The van der Waals surface area contributed by atoms with Crippen LogP contribution in [-0.2, 0) is 13.1 Å². The molecule has 1 aromatic rings. The molecule has 0 bridgehead atoms. The molecule has 2 aliphatic heterocycles. The van der Waals surface area contributed by atoms with Gasteiger partial charge in [-0.3, -0.25) is 4.90 Å². The summed E-state index contributed by atoms with van der Waals surface area (Å²) in [5.74, 6) is 0.833. The zero-order valence-electron chi connectivity index (χ0n) is 11.2. The number of anilines is 1. The van der Waals surface area contributed by atoms with E-state index in [1.54, 1.807) is 0 Å². The first-order valence-electron chi connectivity index (χ1n) is 6.99. The van der Waals surface area contributed by atoms with Crippen molar-refractivity contribution in [3.63, 3.8) is 0 Å². The molecule has 2 heterocycles. The lowest BCUT2D eigenvalue weighted by molar-refractivity contribution is 0.151. The van der Waals surface area contributed by atoms with Crippen molar-refractivity contribution >= 4 is 5.69 Å². The third-order valence-corrected chi connectivity index (χ3v) is 4.32. The van der Waals surface area contributed by atoms with E-state index in [-0.39, 0.29) is 0 Å². The van der Waals surface area contributed by atoms with Gasteiger partial charge in [-0.25, -0.2) is 0 Å². The van der Waals surface area contributed by atoms with Gasteiger partial charge in [0.05, 0.1) is 0 Å². The van der Waals surface area contributed by atoms with Gasteiger partial charge in [-0.05, 0) is 49.5 Å². The number of nitrogens with two attached hydrogens (primary N) is 1. The van der Waals surface area contributed by atoms with Crippen LogP contribution in [0, 0.1) is 5.92 Å². The Morgan fingerprint density at radius 3 is 3.00 bits per heavy atom. The molecule has 0 spiro atoms. The van der Waals surface area contributed by atoms with Crippen LogP contribution in [0.4, 0.5) is 5.69 Å². The summed E-state index contributed by atoms with van der Waals surface area (Å²) in [4.78, 5) is 5.02. The van der Waals surface area contributed by atoms with Crippen LogP contribution in [0.15, 0.2) is 18.2 Å². The largest absolute Gasteiger partial charge is 0.398 e. The Bertz CT molecular complexity index is 430. The Balaban J connectivity index is 1.62. The number of nitrogens with zero attached hydrogens (tertiary/aromatic N) is 2. The van der Waals surface area contributed by atoms with Crippen LogP contribution in [0.25, 0.3) is 0 Å². The molecule has 1 aromatic carbocycles. The average Bonchev–Trinajstić information content (AvgIpc) is 2.73. The second-order valence-corrected chi connectivity index (χ2v) is 5.93. The Labute approximate surface area is 110 Å². The van der Waals surface area contributed by atoms with E-state index in [0.717, 1.165) is 24.7 Å². The monoisotopic (exact) mass is 245 g/mol. The molecule has 1 fully saturated rings. The molecule has 3 heteroatoms. The highest BCUT2D eigenvalue weighted by Gasteiger charge is 2.25.